The highest BCUT2D eigenvalue weighted by atomic mass is 32.2. The van der Waals surface area contributed by atoms with E-state index < -0.39 is 0 Å². The second-order valence-corrected chi connectivity index (χ2v) is 7.54. The maximum absolute atomic E-state index is 12.4. The van der Waals surface area contributed by atoms with Crippen LogP contribution in [0.1, 0.15) is 17.0 Å². The molecular formula is C21H21N3O2S. The Bertz CT molecular complexity index is 978. The van der Waals surface area contributed by atoms with Crippen molar-refractivity contribution < 1.29 is 9.59 Å². The molecule has 0 aliphatic carbocycles. The van der Waals surface area contributed by atoms with Gasteiger partial charge in [-0.25, -0.2) is 0 Å². The van der Waals surface area contributed by atoms with Crippen molar-refractivity contribution in [3.05, 3.63) is 52.2 Å². The first-order valence-corrected chi connectivity index (χ1v) is 9.30. The fraction of sp³-hybridized carbons (Fsp3) is 0.238. The zero-order chi connectivity index (χ0) is 19.7. The summed E-state index contributed by atoms with van der Waals surface area (Å²) in [5, 5.41) is -0.322. The third-order valence-electron chi connectivity index (χ3n) is 4.50. The molecule has 5 nitrogen and oxygen atoms in total. The summed E-state index contributed by atoms with van der Waals surface area (Å²) in [6, 6.07) is 10.3. The normalized spacial score (nSPS) is 15.5. The molecule has 0 saturated carbocycles. The van der Waals surface area contributed by atoms with Gasteiger partial charge < -0.3 is 9.47 Å². The van der Waals surface area contributed by atoms with E-state index in [9.17, 15) is 9.59 Å². The van der Waals surface area contributed by atoms with Crippen LogP contribution in [-0.4, -0.2) is 41.3 Å². The van der Waals surface area contributed by atoms with Gasteiger partial charge in [-0.2, -0.15) is 0 Å². The number of benzene rings is 1. The Balaban J connectivity index is 1.96. The Kier molecular flexibility index (Phi) is 5.15. The molecule has 1 aliphatic rings. The van der Waals surface area contributed by atoms with Gasteiger partial charge in [0.1, 0.15) is 0 Å². The average Bonchev–Trinajstić information content (AvgIpc) is 3.05. The highest BCUT2D eigenvalue weighted by Crippen LogP contribution is 2.33. The van der Waals surface area contributed by atoms with Crippen LogP contribution >= 0.6 is 11.8 Å². The van der Waals surface area contributed by atoms with Crippen LogP contribution in [0.4, 0.5) is 10.5 Å². The molecule has 3 rings (SSSR count). The lowest BCUT2D eigenvalue weighted by atomic mass is 10.2. The summed E-state index contributed by atoms with van der Waals surface area (Å²) in [6.45, 7) is 4.03. The van der Waals surface area contributed by atoms with E-state index in [1.165, 1.54) is 0 Å². The lowest BCUT2D eigenvalue weighted by Crippen LogP contribution is -2.28. The van der Waals surface area contributed by atoms with E-state index in [1.54, 1.807) is 6.08 Å². The first kappa shape index (κ1) is 18.9. The molecule has 0 unspecified atom stereocenters. The number of hydrogen-bond acceptors (Lipinski definition) is 4. The van der Waals surface area contributed by atoms with Gasteiger partial charge >= 0.3 is 0 Å². The first-order chi connectivity index (χ1) is 12.8. The van der Waals surface area contributed by atoms with Gasteiger partial charge in [0.25, 0.3) is 11.1 Å². The Morgan fingerprint density at radius 2 is 1.85 bits per heavy atom. The van der Waals surface area contributed by atoms with Crippen LogP contribution in [-0.2, 0) is 4.79 Å². The van der Waals surface area contributed by atoms with Gasteiger partial charge in [-0.05, 0) is 67.6 Å². The monoisotopic (exact) mass is 379 g/mol. The predicted molar refractivity (Wildman–Crippen MR) is 111 cm³/mol. The highest BCUT2D eigenvalue weighted by molar-refractivity contribution is 8.18. The molecule has 138 valence electrons. The number of terminal acetylenes is 1. The topological polar surface area (TPSA) is 45.6 Å². The number of carbonyl (C=O) groups excluding carboxylic acids is 2. The van der Waals surface area contributed by atoms with Gasteiger partial charge in [0.15, 0.2) is 0 Å². The number of anilines is 1. The summed E-state index contributed by atoms with van der Waals surface area (Å²) in [6.07, 6.45) is 7.01. The standard InChI is InChI=1S/C21H21N3O2S/c1-6-11-23-20(25)19(27-21(23)26)13-16-12-14(2)24(15(16)3)18-9-7-17(8-10-18)22(4)5/h1,7-10,12-13H,11H2,2-5H3/b19-13+. The lowest BCUT2D eigenvalue weighted by molar-refractivity contribution is -0.122. The minimum Gasteiger partial charge on any atom is -0.378 e. The maximum atomic E-state index is 12.4. The van der Waals surface area contributed by atoms with Crippen molar-refractivity contribution in [2.75, 3.05) is 25.5 Å². The minimum absolute atomic E-state index is 0.000742. The molecule has 0 atom stereocenters. The molecule has 1 fully saturated rings. The van der Waals surface area contributed by atoms with Crippen molar-refractivity contribution in [2.24, 2.45) is 0 Å². The van der Waals surface area contributed by atoms with E-state index in [1.807, 2.05) is 34.0 Å². The fourth-order valence-corrected chi connectivity index (χ4v) is 3.93. The Hall–Kier alpha value is -2.91. The maximum Gasteiger partial charge on any atom is 0.294 e. The molecule has 0 radical (unpaired) electrons. The quantitative estimate of drug-likeness (QED) is 0.598. The highest BCUT2D eigenvalue weighted by Gasteiger charge is 2.34. The van der Waals surface area contributed by atoms with E-state index in [4.69, 9.17) is 6.42 Å². The van der Waals surface area contributed by atoms with Crippen molar-refractivity contribution in [3.8, 4) is 18.0 Å². The molecule has 1 aliphatic heterocycles. The van der Waals surface area contributed by atoms with Crippen LogP contribution in [0.25, 0.3) is 11.8 Å². The van der Waals surface area contributed by atoms with Crippen molar-refractivity contribution in [1.29, 1.82) is 0 Å². The second-order valence-electron chi connectivity index (χ2n) is 6.54. The van der Waals surface area contributed by atoms with Crippen molar-refractivity contribution >= 4 is 34.7 Å². The largest absolute Gasteiger partial charge is 0.378 e. The van der Waals surface area contributed by atoms with Crippen molar-refractivity contribution in [1.82, 2.24) is 9.47 Å². The van der Waals surface area contributed by atoms with Gasteiger partial charge in [0, 0.05) is 36.9 Å². The molecule has 0 bridgehead atoms. The third kappa shape index (κ3) is 3.51. The third-order valence-corrected chi connectivity index (χ3v) is 5.41. The lowest BCUT2D eigenvalue weighted by Gasteiger charge is -2.14. The number of imide groups is 1. The smallest absolute Gasteiger partial charge is 0.294 e. The molecule has 1 aromatic heterocycles. The second kappa shape index (κ2) is 7.37. The van der Waals surface area contributed by atoms with Gasteiger partial charge in [0.05, 0.1) is 11.4 Å². The van der Waals surface area contributed by atoms with Crippen molar-refractivity contribution in [3.63, 3.8) is 0 Å². The summed E-state index contributed by atoms with van der Waals surface area (Å²) >= 11 is 0.930. The number of carbonyl (C=O) groups is 2. The molecule has 6 heteroatoms. The summed E-state index contributed by atoms with van der Waals surface area (Å²) in [5.74, 6) is 2.02. The first-order valence-electron chi connectivity index (χ1n) is 8.49. The van der Waals surface area contributed by atoms with E-state index in [-0.39, 0.29) is 17.7 Å². The van der Waals surface area contributed by atoms with Crippen molar-refractivity contribution in [2.45, 2.75) is 13.8 Å². The SMILES string of the molecule is C#CCN1C(=O)S/C(=C/c2cc(C)n(-c3ccc(N(C)C)cc3)c2C)C1=O. The molecular weight excluding hydrogens is 358 g/mol. The number of rotatable bonds is 4. The number of aryl methyl sites for hydroxylation is 1. The molecule has 2 amide bonds. The summed E-state index contributed by atoms with van der Waals surface area (Å²) in [5.41, 5.74) is 5.16. The van der Waals surface area contributed by atoms with E-state index in [2.05, 4.69) is 39.7 Å². The Labute approximate surface area is 163 Å². The minimum atomic E-state index is -0.330. The Morgan fingerprint density at radius 1 is 1.19 bits per heavy atom. The number of nitrogens with zero attached hydrogens (tertiary/aromatic N) is 3. The van der Waals surface area contributed by atoms with Crippen LogP contribution < -0.4 is 4.90 Å². The molecule has 1 saturated heterocycles. The zero-order valence-electron chi connectivity index (χ0n) is 15.8. The molecule has 2 aromatic rings. The van der Waals surface area contributed by atoms with E-state index in [0.717, 1.165) is 45.0 Å². The van der Waals surface area contributed by atoms with Crippen LogP contribution in [0.5, 0.6) is 0 Å². The molecule has 0 N–H and O–H groups in total. The summed E-state index contributed by atoms with van der Waals surface area (Å²) in [7, 11) is 4.01. The summed E-state index contributed by atoms with van der Waals surface area (Å²) < 4.78 is 2.14. The van der Waals surface area contributed by atoms with Crippen LogP contribution in [0.2, 0.25) is 0 Å². The van der Waals surface area contributed by atoms with E-state index in [0.29, 0.717) is 4.91 Å². The fourth-order valence-electron chi connectivity index (χ4n) is 3.10. The molecule has 1 aromatic carbocycles. The van der Waals surface area contributed by atoms with Crippen LogP contribution in [0, 0.1) is 26.2 Å². The van der Waals surface area contributed by atoms with Gasteiger partial charge in [-0.15, -0.1) is 6.42 Å². The number of thioether (sulfide) groups is 1. The molecule has 27 heavy (non-hydrogen) atoms. The number of aromatic nitrogens is 1. The molecule has 2 heterocycles. The van der Waals surface area contributed by atoms with Gasteiger partial charge in [0.2, 0.25) is 0 Å². The predicted octanol–water partition coefficient (Wildman–Crippen LogP) is 3.83. The number of hydrogen-bond donors (Lipinski definition) is 0. The van der Waals surface area contributed by atoms with Crippen LogP contribution in [0.3, 0.4) is 0 Å². The average molecular weight is 379 g/mol. The van der Waals surface area contributed by atoms with Gasteiger partial charge in [-0.3, -0.25) is 14.5 Å². The summed E-state index contributed by atoms with van der Waals surface area (Å²) in [4.78, 5) is 27.9. The molecule has 0 spiro atoms. The zero-order valence-corrected chi connectivity index (χ0v) is 16.6. The van der Waals surface area contributed by atoms with Gasteiger partial charge in [-0.1, -0.05) is 5.92 Å². The Morgan fingerprint density at radius 3 is 2.44 bits per heavy atom. The van der Waals surface area contributed by atoms with E-state index >= 15 is 0 Å². The number of amides is 2. The van der Waals surface area contributed by atoms with Crippen LogP contribution in [0.15, 0.2) is 35.2 Å².